The summed E-state index contributed by atoms with van der Waals surface area (Å²) in [7, 11) is -1.86. The van der Waals surface area contributed by atoms with Gasteiger partial charge in [0.15, 0.2) is 0 Å². The van der Waals surface area contributed by atoms with E-state index in [1.807, 2.05) is 38.1 Å². The van der Waals surface area contributed by atoms with Crippen LogP contribution >= 0.6 is 0 Å². The van der Waals surface area contributed by atoms with E-state index in [1.54, 1.807) is 12.1 Å². The second kappa shape index (κ2) is 17.8. The summed E-state index contributed by atoms with van der Waals surface area (Å²) < 4.78 is 16.8. The fourth-order valence-electron chi connectivity index (χ4n) is 6.75. The topological polar surface area (TPSA) is 114 Å². The zero-order valence-corrected chi connectivity index (χ0v) is 33.7. The van der Waals surface area contributed by atoms with Crippen molar-refractivity contribution in [2.75, 3.05) is 39.4 Å². The number of nitrogens with zero attached hydrogens (tertiary/aromatic N) is 4. The van der Waals surface area contributed by atoms with E-state index in [0.717, 1.165) is 104 Å². The van der Waals surface area contributed by atoms with Crippen LogP contribution in [0.1, 0.15) is 71.7 Å². The zero-order valence-electron chi connectivity index (χ0n) is 32.7. The molecule has 2 aliphatic heterocycles. The molecule has 0 saturated carbocycles. The third kappa shape index (κ3) is 11.0. The fraction of sp³-hybridized carbons (Fsp3) is 0.524. The quantitative estimate of drug-likeness (QED) is 0.126. The van der Waals surface area contributed by atoms with Crippen molar-refractivity contribution in [1.82, 2.24) is 19.8 Å². The first-order valence-electron chi connectivity index (χ1n) is 19.2. The van der Waals surface area contributed by atoms with E-state index in [-0.39, 0.29) is 34.6 Å². The van der Waals surface area contributed by atoms with Crippen molar-refractivity contribution >= 4 is 42.1 Å². The molecule has 2 aromatic carbocycles. The highest BCUT2D eigenvalue weighted by molar-refractivity contribution is 6.74. The molecule has 1 N–H and O–H groups in total. The Hall–Kier alpha value is -4.06. The lowest BCUT2D eigenvalue weighted by Crippen LogP contribution is -2.43. The molecule has 2 atom stereocenters. The number of hydrogen-bond acceptors (Lipinski definition) is 10. The number of benzene rings is 2. The number of ether oxygens (including phenoxy) is 2. The average Bonchev–Trinajstić information content (AvgIpc) is 3.12. The maximum atomic E-state index is 12.1. The van der Waals surface area contributed by atoms with Crippen LogP contribution < -0.4 is 4.43 Å². The largest absolute Gasteiger partial charge is 0.543 e. The molecule has 4 heterocycles. The van der Waals surface area contributed by atoms with E-state index >= 15 is 0 Å². The number of carbonyl (C=O) groups excluding carboxylic acids is 2. The Kier molecular flexibility index (Phi) is 13.5. The minimum atomic E-state index is -1.86. The van der Waals surface area contributed by atoms with E-state index in [9.17, 15) is 14.7 Å². The first-order valence-corrected chi connectivity index (χ1v) is 22.1. The molecule has 11 heteroatoms. The number of carbonyl (C=O) groups is 2. The van der Waals surface area contributed by atoms with E-state index in [2.05, 4.69) is 72.9 Å². The zero-order chi connectivity index (χ0) is 38.2. The standard InChI is InChI=1S/C24H36N2O3Si.C18H22N2O3/c1-7-28-23(27)19-9-8-14-26(16-19)17-20-11-10-18-15-21(12-13-22(18)25-20)29-30(5,6)24(2,3)4;1-2-23-18(22)14-4-3-9-20(11-14)12-15-6-5-13-10-16(21)7-8-17(13)19-15/h10-13,15,19H,7-9,14,16-17H2,1-6H3;5-8,10,14,21H,2-4,9,11-12H2,1H3. The summed E-state index contributed by atoms with van der Waals surface area (Å²) in [6.45, 7) is 20.8. The molecule has 2 unspecified atom stereocenters. The predicted molar refractivity (Wildman–Crippen MR) is 212 cm³/mol. The SMILES string of the molecule is CCOC(=O)C1CCCN(Cc2ccc3cc(O)ccc3n2)C1.CCOC(=O)C1CCCN(Cc2ccc3cc(O[Si](C)(C)C(C)(C)C)ccc3n2)C1. The van der Waals surface area contributed by atoms with Gasteiger partial charge in [-0.25, -0.2) is 0 Å². The van der Waals surface area contributed by atoms with Crippen LogP contribution in [-0.2, 0) is 32.2 Å². The van der Waals surface area contributed by atoms with Crippen molar-refractivity contribution in [1.29, 1.82) is 0 Å². The van der Waals surface area contributed by atoms with Crippen LogP contribution in [0.15, 0.2) is 60.7 Å². The fourth-order valence-corrected chi connectivity index (χ4v) is 7.77. The lowest BCUT2D eigenvalue weighted by atomic mass is 9.98. The molecule has 2 fully saturated rings. The third-order valence-corrected chi connectivity index (χ3v) is 15.0. The predicted octanol–water partition coefficient (Wildman–Crippen LogP) is 8.11. The molecule has 10 nitrogen and oxygen atoms in total. The summed E-state index contributed by atoms with van der Waals surface area (Å²) in [5.74, 6) is 0.981. The van der Waals surface area contributed by atoms with Crippen LogP contribution in [0, 0.1) is 11.8 Å². The highest BCUT2D eigenvalue weighted by Crippen LogP contribution is 2.38. The molecule has 0 bridgehead atoms. The number of pyridine rings is 2. The molecule has 0 spiro atoms. The minimum absolute atomic E-state index is 0.0193. The van der Waals surface area contributed by atoms with Gasteiger partial charge in [-0.3, -0.25) is 29.4 Å². The van der Waals surface area contributed by atoms with Crippen molar-refractivity contribution in [3.63, 3.8) is 0 Å². The third-order valence-electron chi connectivity index (χ3n) is 10.7. The molecule has 53 heavy (non-hydrogen) atoms. The molecular weight excluding hydrogens is 685 g/mol. The first-order chi connectivity index (χ1) is 25.2. The average molecular weight is 743 g/mol. The molecule has 286 valence electrons. The van der Waals surface area contributed by atoms with Gasteiger partial charge in [0.05, 0.1) is 47.5 Å². The van der Waals surface area contributed by atoms with Gasteiger partial charge in [0.2, 0.25) is 8.32 Å². The van der Waals surface area contributed by atoms with Gasteiger partial charge in [-0.1, -0.05) is 32.9 Å². The van der Waals surface area contributed by atoms with E-state index in [0.29, 0.717) is 13.2 Å². The van der Waals surface area contributed by atoms with E-state index in [4.69, 9.17) is 18.9 Å². The highest BCUT2D eigenvalue weighted by Gasteiger charge is 2.39. The second-order valence-corrected chi connectivity index (χ2v) is 20.6. The van der Waals surface area contributed by atoms with Gasteiger partial charge in [0, 0.05) is 37.0 Å². The molecular formula is C42H58N4O6Si. The Bertz CT molecular complexity index is 1860. The Morgan fingerprint density at radius 1 is 0.755 bits per heavy atom. The Labute approximate surface area is 316 Å². The number of aromatic nitrogens is 2. The lowest BCUT2D eigenvalue weighted by Gasteiger charge is -2.36. The number of hydrogen-bond donors (Lipinski definition) is 1. The monoisotopic (exact) mass is 742 g/mol. The summed E-state index contributed by atoms with van der Waals surface area (Å²) in [6, 6.07) is 19.6. The Morgan fingerprint density at radius 3 is 1.74 bits per heavy atom. The van der Waals surface area contributed by atoms with Crippen molar-refractivity contribution < 1.29 is 28.6 Å². The van der Waals surface area contributed by atoms with Crippen LogP contribution in [0.3, 0.4) is 0 Å². The van der Waals surface area contributed by atoms with Crippen LogP contribution in [0.25, 0.3) is 21.8 Å². The molecule has 6 rings (SSSR count). The van der Waals surface area contributed by atoms with E-state index in [1.165, 1.54) is 0 Å². The highest BCUT2D eigenvalue weighted by atomic mass is 28.4. The maximum absolute atomic E-state index is 12.1. The van der Waals surface area contributed by atoms with Gasteiger partial charge >= 0.3 is 11.9 Å². The number of rotatable bonds is 10. The van der Waals surface area contributed by atoms with Crippen LogP contribution in [0.5, 0.6) is 11.5 Å². The second-order valence-electron chi connectivity index (χ2n) is 15.9. The molecule has 2 saturated heterocycles. The van der Waals surface area contributed by atoms with Crippen molar-refractivity contribution in [3.05, 3.63) is 72.1 Å². The van der Waals surface area contributed by atoms with Gasteiger partial charge in [-0.15, -0.1) is 0 Å². The van der Waals surface area contributed by atoms with Crippen molar-refractivity contribution in [3.8, 4) is 11.5 Å². The summed E-state index contributed by atoms with van der Waals surface area (Å²) in [4.78, 5) is 38.1. The van der Waals surface area contributed by atoms with Crippen LogP contribution in [0.2, 0.25) is 18.1 Å². The minimum Gasteiger partial charge on any atom is -0.543 e. The van der Waals surface area contributed by atoms with E-state index < -0.39 is 8.32 Å². The summed E-state index contributed by atoms with van der Waals surface area (Å²) in [5, 5.41) is 11.7. The lowest BCUT2D eigenvalue weighted by molar-refractivity contribution is -0.150. The first kappa shape index (κ1) is 40.1. The van der Waals surface area contributed by atoms with Crippen molar-refractivity contribution in [2.45, 2.75) is 91.5 Å². The molecule has 0 amide bonds. The molecule has 0 radical (unpaired) electrons. The van der Waals surface area contributed by atoms with Crippen LogP contribution in [0.4, 0.5) is 0 Å². The van der Waals surface area contributed by atoms with Crippen LogP contribution in [-0.4, -0.2) is 84.5 Å². The van der Waals surface area contributed by atoms with Gasteiger partial charge in [-0.2, -0.15) is 0 Å². The Balaban J connectivity index is 0.000000211. The summed E-state index contributed by atoms with van der Waals surface area (Å²) in [6.07, 6.45) is 3.84. The molecule has 0 aliphatic carbocycles. The molecule has 4 aromatic rings. The number of fused-ring (bicyclic) bond motifs is 2. The van der Waals surface area contributed by atoms with Gasteiger partial charge < -0.3 is 19.0 Å². The normalized spacial score (nSPS) is 18.6. The molecule has 2 aromatic heterocycles. The summed E-state index contributed by atoms with van der Waals surface area (Å²) in [5.41, 5.74) is 3.87. The number of aromatic hydroxyl groups is 1. The Morgan fingerprint density at radius 2 is 1.25 bits per heavy atom. The van der Waals surface area contributed by atoms with Gasteiger partial charge in [0.1, 0.15) is 11.5 Å². The number of phenolic OH excluding ortho intramolecular Hbond substituents is 1. The number of phenols is 1. The van der Waals surface area contributed by atoms with Gasteiger partial charge in [-0.05, 0) is 119 Å². The number of esters is 2. The van der Waals surface area contributed by atoms with Gasteiger partial charge in [0.25, 0.3) is 0 Å². The smallest absolute Gasteiger partial charge is 0.310 e. The number of piperidine rings is 2. The summed E-state index contributed by atoms with van der Waals surface area (Å²) >= 11 is 0. The van der Waals surface area contributed by atoms with Crippen molar-refractivity contribution in [2.24, 2.45) is 11.8 Å². The molecule has 2 aliphatic rings. The maximum Gasteiger partial charge on any atom is 0.310 e. The number of likely N-dealkylation sites (tertiary alicyclic amines) is 2.